The third-order valence-electron chi connectivity index (χ3n) is 3.53. The number of aryl methyl sites for hydroxylation is 1. The highest BCUT2D eigenvalue weighted by atomic mass is 35.5. The molecule has 0 aliphatic carbocycles. The van der Waals surface area contributed by atoms with E-state index in [1.165, 1.54) is 10.9 Å². The summed E-state index contributed by atoms with van der Waals surface area (Å²) >= 11 is 0. The summed E-state index contributed by atoms with van der Waals surface area (Å²) in [6.07, 6.45) is 4.01. The van der Waals surface area contributed by atoms with Gasteiger partial charge in [-0.1, -0.05) is 18.2 Å². The number of rotatable bonds is 9. The molecule has 0 fully saturated rings. The van der Waals surface area contributed by atoms with Gasteiger partial charge in [0.05, 0.1) is 18.5 Å². The van der Waals surface area contributed by atoms with Gasteiger partial charge in [-0.2, -0.15) is 5.10 Å². The van der Waals surface area contributed by atoms with Crippen molar-refractivity contribution < 1.29 is 14.3 Å². The van der Waals surface area contributed by atoms with Gasteiger partial charge < -0.3 is 21.1 Å². The molecule has 1 aromatic heterocycles. The topological polar surface area (TPSA) is 111 Å². The van der Waals surface area contributed by atoms with Gasteiger partial charge in [0.15, 0.2) is 0 Å². The molecule has 1 heterocycles. The minimum atomic E-state index is -0.169. The minimum absolute atomic E-state index is 0. The number of carbonyl (C=O) groups is 2. The molecule has 0 atom stereocenters. The lowest BCUT2D eigenvalue weighted by molar-refractivity contribution is -0.122. The smallest absolute Gasteiger partial charge is 0.241 e. The number of hydrogen-bond acceptors (Lipinski definition) is 5. The zero-order valence-electron chi connectivity index (χ0n) is 14.6. The molecule has 0 aliphatic heterocycles. The number of halogens is 1. The van der Waals surface area contributed by atoms with Gasteiger partial charge >= 0.3 is 0 Å². The van der Waals surface area contributed by atoms with Gasteiger partial charge in [-0.25, -0.2) is 0 Å². The third-order valence-corrected chi connectivity index (χ3v) is 3.53. The van der Waals surface area contributed by atoms with Crippen molar-refractivity contribution in [3.05, 3.63) is 42.2 Å². The van der Waals surface area contributed by atoms with Gasteiger partial charge in [0, 0.05) is 32.0 Å². The summed E-state index contributed by atoms with van der Waals surface area (Å²) in [5.41, 5.74) is 8.04. The molecule has 8 nitrogen and oxygen atoms in total. The second kappa shape index (κ2) is 11.1. The molecule has 0 bridgehead atoms. The molecule has 2 aromatic rings. The van der Waals surface area contributed by atoms with Crippen LogP contribution in [0.2, 0.25) is 0 Å². The van der Waals surface area contributed by atoms with E-state index in [1.807, 2.05) is 24.3 Å². The van der Waals surface area contributed by atoms with E-state index in [0.29, 0.717) is 37.4 Å². The van der Waals surface area contributed by atoms with Crippen LogP contribution in [0.25, 0.3) is 0 Å². The van der Waals surface area contributed by atoms with Crippen molar-refractivity contribution in [2.75, 3.05) is 31.3 Å². The van der Waals surface area contributed by atoms with Crippen LogP contribution < -0.4 is 16.4 Å². The molecule has 0 unspecified atom stereocenters. The summed E-state index contributed by atoms with van der Waals surface area (Å²) in [5.74, 6) is -0.301. The Labute approximate surface area is 158 Å². The van der Waals surface area contributed by atoms with Gasteiger partial charge in [0.1, 0.15) is 6.54 Å². The number of benzene rings is 1. The molecule has 1 aromatic carbocycles. The van der Waals surface area contributed by atoms with Crippen LogP contribution in [-0.4, -0.2) is 41.9 Å². The maximum absolute atomic E-state index is 12.0. The van der Waals surface area contributed by atoms with Crippen molar-refractivity contribution in [1.82, 2.24) is 15.1 Å². The molecule has 142 valence electrons. The third kappa shape index (κ3) is 7.12. The zero-order chi connectivity index (χ0) is 18.1. The SMILES string of the molecule is COCCNC(=O)Cn1cc(NC(=O)CCc2ccccc2N)cn1.Cl. The lowest BCUT2D eigenvalue weighted by Crippen LogP contribution is -2.30. The van der Waals surface area contributed by atoms with Gasteiger partial charge in [0.2, 0.25) is 11.8 Å². The Morgan fingerprint density at radius 2 is 2.04 bits per heavy atom. The lowest BCUT2D eigenvalue weighted by atomic mass is 10.1. The lowest BCUT2D eigenvalue weighted by Gasteiger charge is -2.05. The number of nitrogens with one attached hydrogen (secondary N) is 2. The van der Waals surface area contributed by atoms with E-state index >= 15 is 0 Å². The summed E-state index contributed by atoms with van der Waals surface area (Å²) in [4.78, 5) is 23.7. The highest BCUT2D eigenvalue weighted by Crippen LogP contribution is 2.13. The number of hydrogen-bond donors (Lipinski definition) is 3. The van der Waals surface area contributed by atoms with Crippen molar-refractivity contribution in [1.29, 1.82) is 0 Å². The fourth-order valence-corrected chi connectivity index (χ4v) is 2.24. The maximum Gasteiger partial charge on any atom is 0.241 e. The van der Waals surface area contributed by atoms with E-state index in [9.17, 15) is 9.59 Å². The van der Waals surface area contributed by atoms with E-state index in [-0.39, 0.29) is 30.8 Å². The van der Waals surface area contributed by atoms with Crippen LogP contribution in [0, 0.1) is 0 Å². The molecule has 0 aliphatic rings. The average Bonchev–Trinajstić information content (AvgIpc) is 3.01. The fourth-order valence-electron chi connectivity index (χ4n) is 2.24. The molecule has 4 N–H and O–H groups in total. The first-order valence-corrected chi connectivity index (χ1v) is 8.00. The molecule has 0 spiro atoms. The predicted octanol–water partition coefficient (Wildman–Crippen LogP) is 1.22. The van der Waals surface area contributed by atoms with Crippen LogP contribution in [0.4, 0.5) is 11.4 Å². The van der Waals surface area contributed by atoms with Crippen molar-refractivity contribution in [2.45, 2.75) is 19.4 Å². The second-order valence-electron chi connectivity index (χ2n) is 5.52. The Morgan fingerprint density at radius 3 is 2.77 bits per heavy atom. The number of nitrogens with zero attached hydrogens (tertiary/aromatic N) is 2. The van der Waals surface area contributed by atoms with Crippen LogP contribution >= 0.6 is 12.4 Å². The first-order chi connectivity index (χ1) is 12.1. The van der Waals surface area contributed by atoms with Gasteiger partial charge in [-0.3, -0.25) is 14.3 Å². The molecule has 0 radical (unpaired) electrons. The van der Waals surface area contributed by atoms with Gasteiger partial charge in [-0.05, 0) is 18.1 Å². The first kappa shape index (κ1) is 21.5. The molecular formula is C17H24ClN5O3. The summed E-state index contributed by atoms with van der Waals surface area (Å²) < 4.78 is 6.33. The van der Waals surface area contributed by atoms with Crippen molar-refractivity contribution in [3.8, 4) is 0 Å². The molecule has 2 rings (SSSR count). The van der Waals surface area contributed by atoms with Crippen LogP contribution in [-0.2, 0) is 27.3 Å². The maximum atomic E-state index is 12.0. The Hall–Kier alpha value is -2.58. The number of aromatic nitrogens is 2. The van der Waals surface area contributed by atoms with Crippen molar-refractivity contribution in [2.24, 2.45) is 0 Å². The highest BCUT2D eigenvalue weighted by Gasteiger charge is 2.08. The molecule has 2 amide bonds. The number of nitrogen functional groups attached to an aromatic ring is 1. The van der Waals surface area contributed by atoms with Crippen LogP contribution in [0.15, 0.2) is 36.7 Å². The summed E-state index contributed by atoms with van der Waals surface area (Å²) in [5, 5.41) is 9.52. The fraction of sp³-hybridized carbons (Fsp3) is 0.353. The minimum Gasteiger partial charge on any atom is -0.399 e. The van der Waals surface area contributed by atoms with Crippen LogP contribution in [0.5, 0.6) is 0 Å². The van der Waals surface area contributed by atoms with E-state index in [2.05, 4.69) is 15.7 Å². The Morgan fingerprint density at radius 1 is 1.27 bits per heavy atom. The molecule has 0 saturated heterocycles. The summed E-state index contributed by atoms with van der Waals surface area (Å²) in [6.45, 7) is 0.987. The number of carbonyl (C=O) groups excluding carboxylic acids is 2. The van der Waals surface area contributed by atoms with E-state index in [0.717, 1.165) is 5.56 Å². The molecule has 9 heteroatoms. The standard InChI is InChI=1S/C17H23N5O3.ClH/c1-25-9-8-19-17(24)12-22-11-14(10-20-22)21-16(23)7-6-13-4-2-3-5-15(13)18;/h2-5,10-11H,6-9,12,18H2,1H3,(H,19,24)(H,21,23);1H. The number of amides is 2. The van der Waals surface area contributed by atoms with E-state index in [4.69, 9.17) is 10.5 Å². The van der Waals surface area contributed by atoms with Crippen molar-refractivity contribution in [3.63, 3.8) is 0 Å². The van der Waals surface area contributed by atoms with Crippen molar-refractivity contribution >= 4 is 35.6 Å². The number of methoxy groups -OCH3 is 1. The number of anilines is 2. The van der Waals surface area contributed by atoms with E-state index < -0.39 is 0 Å². The summed E-state index contributed by atoms with van der Waals surface area (Å²) in [7, 11) is 1.57. The Bertz CT molecular complexity index is 720. The normalized spacial score (nSPS) is 10.0. The number of para-hydroxylation sites is 1. The van der Waals surface area contributed by atoms with Gasteiger partial charge in [-0.15, -0.1) is 12.4 Å². The first-order valence-electron chi connectivity index (χ1n) is 8.00. The Kier molecular flexibility index (Phi) is 9.18. The monoisotopic (exact) mass is 381 g/mol. The van der Waals surface area contributed by atoms with Gasteiger partial charge in [0.25, 0.3) is 0 Å². The van der Waals surface area contributed by atoms with Crippen LogP contribution in [0.1, 0.15) is 12.0 Å². The molecular weight excluding hydrogens is 358 g/mol. The average molecular weight is 382 g/mol. The number of ether oxygens (including phenoxy) is 1. The highest BCUT2D eigenvalue weighted by molar-refractivity contribution is 5.90. The predicted molar refractivity (Wildman–Crippen MR) is 102 cm³/mol. The quantitative estimate of drug-likeness (QED) is 0.446. The number of nitrogens with two attached hydrogens (primary N) is 1. The largest absolute Gasteiger partial charge is 0.399 e. The second-order valence-corrected chi connectivity index (χ2v) is 5.52. The Balaban J connectivity index is 0.00000338. The summed E-state index contributed by atoms with van der Waals surface area (Å²) in [6, 6.07) is 7.47. The molecule has 26 heavy (non-hydrogen) atoms. The zero-order valence-corrected chi connectivity index (χ0v) is 15.4. The van der Waals surface area contributed by atoms with Crippen LogP contribution in [0.3, 0.4) is 0 Å². The van der Waals surface area contributed by atoms with E-state index in [1.54, 1.807) is 13.3 Å². The molecule has 0 saturated carbocycles.